The van der Waals surface area contributed by atoms with Gasteiger partial charge in [-0.1, -0.05) is 41.9 Å². The van der Waals surface area contributed by atoms with Crippen molar-refractivity contribution in [2.75, 3.05) is 23.1 Å². The maximum Gasteiger partial charge on any atom is 0.221 e. The molecule has 0 heterocycles. The van der Waals surface area contributed by atoms with Gasteiger partial charge in [-0.05, 0) is 48.1 Å². The Morgan fingerprint density at radius 1 is 0.935 bits per heavy atom. The molecule has 0 aliphatic heterocycles. The van der Waals surface area contributed by atoms with Crippen LogP contribution in [0.15, 0.2) is 66.7 Å². The maximum atomic E-state index is 11.1. The molecule has 0 aromatic heterocycles. The first kappa shape index (κ1) is 22.4. The van der Waals surface area contributed by atoms with Crippen molar-refractivity contribution in [3.05, 3.63) is 77.3 Å². The maximum absolute atomic E-state index is 11.1. The van der Waals surface area contributed by atoms with Crippen molar-refractivity contribution in [1.82, 2.24) is 0 Å². The Bertz CT molecular complexity index is 1060. The molecule has 0 aliphatic carbocycles. The van der Waals surface area contributed by atoms with E-state index >= 15 is 0 Å². The van der Waals surface area contributed by atoms with Crippen LogP contribution in [-0.2, 0) is 11.4 Å². The molecule has 1 amide bonds. The minimum atomic E-state index is -0.127. The van der Waals surface area contributed by atoms with Gasteiger partial charge in [-0.2, -0.15) is 0 Å². The third-order valence-corrected chi connectivity index (χ3v) is 4.70. The second-order valence-electron chi connectivity index (χ2n) is 6.59. The van der Waals surface area contributed by atoms with Crippen molar-refractivity contribution < 1.29 is 14.3 Å². The van der Waals surface area contributed by atoms with Gasteiger partial charge in [-0.25, -0.2) is 0 Å². The molecule has 3 rings (SSSR count). The molecule has 0 unspecified atom stereocenters. The van der Waals surface area contributed by atoms with Crippen LogP contribution in [0.4, 0.5) is 17.1 Å². The quantitative estimate of drug-likeness (QED) is 0.397. The molecule has 0 radical (unpaired) electrons. The van der Waals surface area contributed by atoms with Crippen LogP contribution in [0.25, 0.3) is 0 Å². The zero-order chi connectivity index (χ0) is 22.2. The van der Waals surface area contributed by atoms with E-state index in [9.17, 15) is 4.79 Å². The van der Waals surface area contributed by atoms with E-state index in [4.69, 9.17) is 33.3 Å². The van der Waals surface area contributed by atoms with Crippen LogP contribution in [0.2, 0.25) is 5.02 Å². The molecule has 0 aliphatic rings. The highest BCUT2D eigenvalue weighted by Crippen LogP contribution is 2.36. The molecule has 0 saturated heterocycles. The lowest BCUT2D eigenvalue weighted by Gasteiger charge is -2.16. The van der Waals surface area contributed by atoms with Crippen molar-refractivity contribution in [2.24, 2.45) is 0 Å². The topological polar surface area (TPSA) is 71.6 Å². The zero-order valence-electron chi connectivity index (χ0n) is 17.1. The van der Waals surface area contributed by atoms with Crippen LogP contribution < -0.4 is 25.4 Å². The minimum absolute atomic E-state index is 0.127. The zero-order valence-corrected chi connectivity index (χ0v) is 18.6. The fourth-order valence-corrected chi connectivity index (χ4v) is 3.22. The Hall–Kier alpha value is -3.29. The molecule has 3 aromatic rings. The van der Waals surface area contributed by atoms with E-state index in [2.05, 4.69) is 16.0 Å². The summed E-state index contributed by atoms with van der Waals surface area (Å²) >= 11 is 11.8. The SMILES string of the molecule is COc1cc(OCc2ccccc2)c(Cl)cc1NC(=S)Nc1ccc(NC(C)=O)cc1. The molecule has 3 aromatic carbocycles. The van der Waals surface area contributed by atoms with Gasteiger partial charge in [-0.3, -0.25) is 4.79 Å². The number of halogens is 1. The first-order chi connectivity index (χ1) is 14.9. The average Bonchev–Trinajstić information content (AvgIpc) is 2.75. The lowest BCUT2D eigenvalue weighted by molar-refractivity contribution is -0.114. The Morgan fingerprint density at radius 3 is 2.19 bits per heavy atom. The molecule has 3 N–H and O–H groups in total. The number of carbonyl (C=O) groups excluding carboxylic acids is 1. The number of rotatable bonds is 7. The molecule has 0 fully saturated rings. The number of carbonyl (C=O) groups is 1. The number of ether oxygens (including phenoxy) is 2. The van der Waals surface area contributed by atoms with Crippen LogP contribution in [-0.4, -0.2) is 18.1 Å². The second kappa shape index (κ2) is 10.7. The Balaban J connectivity index is 1.65. The summed E-state index contributed by atoms with van der Waals surface area (Å²) in [5.74, 6) is 0.927. The molecule has 0 saturated carbocycles. The van der Waals surface area contributed by atoms with Crippen molar-refractivity contribution >= 4 is 51.9 Å². The predicted molar refractivity (Wildman–Crippen MR) is 129 cm³/mol. The molecule has 0 bridgehead atoms. The number of benzene rings is 3. The fraction of sp³-hybridized carbons (Fsp3) is 0.130. The number of thiocarbonyl (C=S) groups is 1. The minimum Gasteiger partial charge on any atom is -0.494 e. The fourth-order valence-electron chi connectivity index (χ4n) is 2.77. The highest BCUT2D eigenvalue weighted by Gasteiger charge is 2.12. The molecule has 0 atom stereocenters. The first-order valence-electron chi connectivity index (χ1n) is 9.44. The van der Waals surface area contributed by atoms with Crippen molar-refractivity contribution in [2.45, 2.75) is 13.5 Å². The predicted octanol–water partition coefficient (Wildman–Crippen LogP) is 5.69. The summed E-state index contributed by atoms with van der Waals surface area (Å²) in [7, 11) is 1.56. The summed E-state index contributed by atoms with van der Waals surface area (Å²) in [6.07, 6.45) is 0. The largest absolute Gasteiger partial charge is 0.494 e. The summed E-state index contributed by atoms with van der Waals surface area (Å²) in [6, 6.07) is 20.4. The highest BCUT2D eigenvalue weighted by molar-refractivity contribution is 7.80. The van der Waals surface area contributed by atoms with Crippen LogP contribution in [0.3, 0.4) is 0 Å². The molecule has 160 valence electrons. The highest BCUT2D eigenvalue weighted by atomic mass is 35.5. The van der Waals surface area contributed by atoms with E-state index in [1.807, 2.05) is 42.5 Å². The number of amides is 1. The lowest BCUT2D eigenvalue weighted by Crippen LogP contribution is -2.19. The third-order valence-electron chi connectivity index (χ3n) is 4.20. The smallest absolute Gasteiger partial charge is 0.221 e. The van der Waals surface area contributed by atoms with Gasteiger partial charge in [0.05, 0.1) is 17.8 Å². The van der Waals surface area contributed by atoms with Crippen LogP contribution in [0.5, 0.6) is 11.5 Å². The van der Waals surface area contributed by atoms with Gasteiger partial charge in [0.25, 0.3) is 0 Å². The summed E-state index contributed by atoms with van der Waals surface area (Å²) < 4.78 is 11.3. The van der Waals surface area contributed by atoms with Gasteiger partial charge < -0.3 is 25.4 Å². The van der Waals surface area contributed by atoms with Crippen molar-refractivity contribution in [1.29, 1.82) is 0 Å². The van der Waals surface area contributed by atoms with E-state index in [1.54, 1.807) is 31.4 Å². The van der Waals surface area contributed by atoms with Crippen LogP contribution >= 0.6 is 23.8 Å². The van der Waals surface area contributed by atoms with Gasteiger partial charge in [0.15, 0.2) is 5.11 Å². The summed E-state index contributed by atoms with van der Waals surface area (Å²) in [4.78, 5) is 11.1. The van der Waals surface area contributed by atoms with Gasteiger partial charge in [-0.15, -0.1) is 0 Å². The van der Waals surface area contributed by atoms with E-state index < -0.39 is 0 Å². The second-order valence-corrected chi connectivity index (χ2v) is 7.41. The van der Waals surface area contributed by atoms with Gasteiger partial charge >= 0.3 is 0 Å². The van der Waals surface area contributed by atoms with Gasteiger partial charge in [0, 0.05) is 24.4 Å². The Morgan fingerprint density at radius 2 is 1.58 bits per heavy atom. The Labute approximate surface area is 191 Å². The normalized spacial score (nSPS) is 10.2. The summed E-state index contributed by atoms with van der Waals surface area (Å²) in [5, 5.41) is 9.67. The Kier molecular flexibility index (Phi) is 7.70. The number of methoxy groups -OCH3 is 1. The molecular weight excluding hydrogens is 434 g/mol. The molecule has 8 heteroatoms. The van der Waals surface area contributed by atoms with E-state index in [1.165, 1.54) is 6.92 Å². The average molecular weight is 456 g/mol. The molecule has 6 nitrogen and oxygen atoms in total. The van der Waals surface area contributed by atoms with Crippen molar-refractivity contribution in [3.63, 3.8) is 0 Å². The lowest BCUT2D eigenvalue weighted by atomic mass is 10.2. The molecule has 0 spiro atoms. The van der Waals surface area contributed by atoms with Crippen molar-refractivity contribution in [3.8, 4) is 11.5 Å². The van der Waals surface area contributed by atoms with Gasteiger partial charge in [0.1, 0.15) is 18.1 Å². The standard InChI is InChI=1S/C23H22ClN3O3S/c1-15(28)25-17-8-10-18(11-9-17)26-23(31)27-20-12-19(24)21(13-22(20)29-2)30-14-16-6-4-3-5-7-16/h3-13H,14H2,1-2H3,(H,25,28)(H2,26,27,31). The summed E-state index contributed by atoms with van der Waals surface area (Å²) in [5.41, 5.74) is 3.11. The number of hydrogen-bond donors (Lipinski definition) is 3. The third kappa shape index (κ3) is 6.60. The van der Waals surface area contributed by atoms with Crippen LogP contribution in [0, 0.1) is 0 Å². The monoisotopic (exact) mass is 455 g/mol. The van der Waals surface area contributed by atoms with Crippen LogP contribution in [0.1, 0.15) is 12.5 Å². The summed E-state index contributed by atoms with van der Waals surface area (Å²) in [6.45, 7) is 1.85. The molecule has 31 heavy (non-hydrogen) atoms. The van der Waals surface area contributed by atoms with E-state index in [0.717, 1.165) is 11.3 Å². The van der Waals surface area contributed by atoms with E-state index in [0.29, 0.717) is 39.6 Å². The number of anilines is 3. The first-order valence-corrected chi connectivity index (χ1v) is 10.2. The number of hydrogen-bond acceptors (Lipinski definition) is 4. The molecular formula is C23H22ClN3O3S. The number of nitrogens with one attached hydrogen (secondary N) is 3. The van der Waals surface area contributed by atoms with Gasteiger partial charge in [0.2, 0.25) is 5.91 Å². The van der Waals surface area contributed by atoms with E-state index in [-0.39, 0.29) is 5.91 Å².